The topological polar surface area (TPSA) is 3.24 Å². The van der Waals surface area contributed by atoms with E-state index in [0.29, 0.717) is 20.5 Å². The summed E-state index contributed by atoms with van der Waals surface area (Å²) < 4.78 is 1.53. The standard InChI is InChI=1S/C19H23NSe/c1-19(2)13-18(21-17-11-7-4-8-12-17)15-20(19)14-16-9-5-3-6-10-16/h3-12,18H,13-15H2,1-2H3. The molecule has 1 atom stereocenters. The predicted octanol–water partition coefficient (Wildman–Crippen LogP) is 3.49. The molecule has 1 heterocycles. The van der Waals surface area contributed by atoms with Crippen LogP contribution >= 0.6 is 0 Å². The van der Waals surface area contributed by atoms with Crippen LogP contribution in [0.5, 0.6) is 0 Å². The van der Waals surface area contributed by atoms with Crippen LogP contribution in [0.15, 0.2) is 60.7 Å². The van der Waals surface area contributed by atoms with Crippen LogP contribution in [0, 0.1) is 0 Å². The summed E-state index contributed by atoms with van der Waals surface area (Å²) in [7, 11) is 0. The van der Waals surface area contributed by atoms with Gasteiger partial charge in [0.05, 0.1) is 0 Å². The fraction of sp³-hybridized carbons (Fsp3) is 0.368. The average molecular weight is 344 g/mol. The van der Waals surface area contributed by atoms with Gasteiger partial charge in [-0.2, -0.15) is 0 Å². The first-order valence-corrected chi connectivity index (χ1v) is 9.49. The zero-order chi connectivity index (χ0) is 14.7. The molecule has 2 aromatic carbocycles. The summed E-state index contributed by atoms with van der Waals surface area (Å²) >= 11 is 0.587. The van der Waals surface area contributed by atoms with Gasteiger partial charge in [0.15, 0.2) is 0 Å². The maximum absolute atomic E-state index is 2.66. The van der Waals surface area contributed by atoms with Gasteiger partial charge < -0.3 is 0 Å². The number of likely N-dealkylation sites (tertiary alicyclic amines) is 1. The summed E-state index contributed by atoms with van der Waals surface area (Å²) in [6.45, 7) is 7.11. The van der Waals surface area contributed by atoms with Crippen molar-refractivity contribution in [1.82, 2.24) is 4.90 Å². The summed E-state index contributed by atoms with van der Waals surface area (Å²) in [6.07, 6.45) is 1.31. The third-order valence-corrected chi connectivity index (χ3v) is 6.77. The third kappa shape index (κ3) is 3.77. The molecule has 1 aliphatic heterocycles. The SMILES string of the molecule is CC1(C)CC([Se]c2ccccc2)CN1Cc1ccccc1. The van der Waals surface area contributed by atoms with Gasteiger partial charge in [0.2, 0.25) is 0 Å². The molecule has 0 saturated carbocycles. The van der Waals surface area contributed by atoms with Gasteiger partial charge in [0.25, 0.3) is 0 Å². The van der Waals surface area contributed by atoms with Crippen LogP contribution in [0.25, 0.3) is 0 Å². The Kier molecular flexibility index (Phi) is 4.49. The quantitative estimate of drug-likeness (QED) is 0.768. The van der Waals surface area contributed by atoms with E-state index in [-0.39, 0.29) is 0 Å². The van der Waals surface area contributed by atoms with Crippen LogP contribution in [0.4, 0.5) is 0 Å². The molecule has 110 valence electrons. The van der Waals surface area contributed by atoms with Crippen molar-refractivity contribution >= 4 is 19.4 Å². The van der Waals surface area contributed by atoms with Gasteiger partial charge in [-0.1, -0.05) is 0 Å². The van der Waals surface area contributed by atoms with Crippen molar-refractivity contribution < 1.29 is 0 Å². The van der Waals surface area contributed by atoms with E-state index >= 15 is 0 Å². The summed E-state index contributed by atoms with van der Waals surface area (Å²) in [4.78, 5) is 3.50. The summed E-state index contributed by atoms with van der Waals surface area (Å²) in [5, 5.41) is 0. The first-order chi connectivity index (χ1) is 10.1. The van der Waals surface area contributed by atoms with Gasteiger partial charge in [0, 0.05) is 0 Å². The predicted molar refractivity (Wildman–Crippen MR) is 91.1 cm³/mol. The van der Waals surface area contributed by atoms with Crippen molar-refractivity contribution in [2.45, 2.75) is 37.2 Å². The van der Waals surface area contributed by atoms with Crippen molar-refractivity contribution in [3.05, 3.63) is 66.2 Å². The summed E-state index contributed by atoms with van der Waals surface area (Å²) in [6, 6.07) is 21.9. The number of benzene rings is 2. The number of rotatable bonds is 4. The zero-order valence-corrected chi connectivity index (χ0v) is 14.5. The molecule has 1 saturated heterocycles. The Balaban J connectivity index is 1.66. The Bertz CT molecular complexity index is 565. The van der Waals surface area contributed by atoms with E-state index in [1.807, 2.05) is 0 Å². The van der Waals surface area contributed by atoms with E-state index < -0.39 is 0 Å². The molecular formula is C19H23NSe. The van der Waals surface area contributed by atoms with Crippen molar-refractivity contribution in [3.8, 4) is 0 Å². The Labute approximate surface area is 134 Å². The molecule has 2 heteroatoms. The molecule has 21 heavy (non-hydrogen) atoms. The molecule has 1 fully saturated rings. The second-order valence-electron chi connectivity index (χ2n) is 6.44. The molecule has 0 spiro atoms. The molecule has 3 rings (SSSR count). The van der Waals surface area contributed by atoms with Gasteiger partial charge in [-0.05, 0) is 0 Å². The molecule has 0 bridgehead atoms. The van der Waals surface area contributed by atoms with Gasteiger partial charge in [0.1, 0.15) is 0 Å². The maximum atomic E-state index is 2.66. The Morgan fingerprint density at radius 3 is 2.29 bits per heavy atom. The Hall–Kier alpha value is -1.08. The molecule has 0 radical (unpaired) electrons. The van der Waals surface area contributed by atoms with Crippen LogP contribution < -0.4 is 4.46 Å². The fourth-order valence-electron chi connectivity index (χ4n) is 3.10. The van der Waals surface area contributed by atoms with E-state index in [2.05, 4.69) is 79.4 Å². The van der Waals surface area contributed by atoms with Gasteiger partial charge in [-0.3, -0.25) is 0 Å². The van der Waals surface area contributed by atoms with Crippen LogP contribution in [-0.2, 0) is 6.54 Å². The fourth-order valence-corrected chi connectivity index (χ4v) is 6.13. The van der Waals surface area contributed by atoms with Crippen molar-refractivity contribution in [2.75, 3.05) is 6.54 Å². The average Bonchev–Trinajstić information content (AvgIpc) is 2.75. The van der Waals surface area contributed by atoms with Crippen LogP contribution in [0.1, 0.15) is 25.8 Å². The van der Waals surface area contributed by atoms with E-state index in [0.717, 1.165) is 11.4 Å². The third-order valence-electron chi connectivity index (χ3n) is 4.27. The van der Waals surface area contributed by atoms with E-state index in [4.69, 9.17) is 0 Å². The normalized spacial score (nSPS) is 21.5. The Morgan fingerprint density at radius 1 is 1.00 bits per heavy atom. The van der Waals surface area contributed by atoms with Gasteiger partial charge >= 0.3 is 134 Å². The molecule has 1 unspecified atom stereocenters. The van der Waals surface area contributed by atoms with Crippen LogP contribution in [0.3, 0.4) is 0 Å². The summed E-state index contributed by atoms with van der Waals surface area (Å²) in [5.74, 6) is 0. The minimum absolute atomic E-state index is 0.317. The first-order valence-electron chi connectivity index (χ1n) is 7.64. The molecule has 0 amide bonds. The van der Waals surface area contributed by atoms with Gasteiger partial charge in [-0.25, -0.2) is 0 Å². The van der Waals surface area contributed by atoms with Crippen LogP contribution in [0.2, 0.25) is 4.82 Å². The second-order valence-corrected chi connectivity index (χ2v) is 9.32. The minimum atomic E-state index is 0.317. The van der Waals surface area contributed by atoms with E-state index in [9.17, 15) is 0 Å². The Morgan fingerprint density at radius 2 is 1.62 bits per heavy atom. The molecule has 0 aromatic heterocycles. The first kappa shape index (κ1) is 14.8. The van der Waals surface area contributed by atoms with Crippen molar-refractivity contribution in [3.63, 3.8) is 0 Å². The molecule has 2 aromatic rings. The zero-order valence-electron chi connectivity index (χ0n) is 12.8. The molecule has 1 aliphatic rings. The van der Waals surface area contributed by atoms with Gasteiger partial charge in [-0.15, -0.1) is 0 Å². The van der Waals surface area contributed by atoms with E-state index in [1.54, 1.807) is 0 Å². The van der Waals surface area contributed by atoms with Crippen molar-refractivity contribution in [2.24, 2.45) is 0 Å². The number of nitrogens with zero attached hydrogens (tertiary/aromatic N) is 1. The monoisotopic (exact) mass is 345 g/mol. The second kappa shape index (κ2) is 6.35. The van der Waals surface area contributed by atoms with Crippen LogP contribution in [-0.4, -0.2) is 31.9 Å². The molecule has 0 N–H and O–H groups in total. The van der Waals surface area contributed by atoms with Crippen molar-refractivity contribution in [1.29, 1.82) is 0 Å². The molecular weight excluding hydrogens is 321 g/mol. The molecule has 1 nitrogen and oxygen atoms in total. The number of hydrogen-bond donors (Lipinski definition) is 0. The number of hydrogen-bond acceptors (Lipinski definition) is 1. The summed E-state index contributed by atoms with van der Waals surface area (Å²) in [5.41, 5.74) is 1.75. The molecule has 0 aliphatic carbocycles. The van der Waals surface area contributed by atoms with E-state index in [1.165, 1.54) is 23.0 Å².